The quantitative estimate of drug-likeness (QED) is 0.395. The standard InChI is InChI=1S/2C10H15.2CH3.Zr/c2*1-3-4-5-10-7-6-9(2)8-10;;;/h2*6H,3-5,7H2,1-2H3;2*1H3;. The summed E-state index contributed by atoms with van der Waals surface area (Å²) in [6.07, 6.45) is 15.5. The van der Waals surface area contributed by atoms with Gasteiger partial charge in [0.25, 0.3) is 0 Å². The molecule has 0 aromatic rings. The SMILES string of the molecule is CCCCC1=[C]([Zr]([CH3])([CH3])[C]2=C(CCCC)CC=C2C)C(C)=CC1. The molecule has 0 nitrogen and oxygen atoms in total. The van der Waals surface area contributed by atoms with Crippen LogP contribution in [-0.2, 0) is 20.3 Å². The molecule has 1 heteroatoms. The third-order valence-electron chi connectivity index (χ3n) is 5.72. The monoisotopic (exact) mass is 390 g/mol. The van der Waals surface area contributed by atoms with Crippen molar-refractivity contribution in [1.82, 2.24) is 0 Å². The summed E-state index contributed by atoms with van der Waals surface area (Å²) in [5.74, 6) is 0. The van der Waals surface area contributed by atoms with Gasteiger partial charge in [0.05, 0.1) is 0 Å². The van der Waals surface area contributed by atoms with Gasteiger partial charge < -0.3 is 0 Å². The third-order valence-corrected chi connectivity index (χ3v) is 15.5. The zero-order valence-corrected chi connectivity index (χ0v) is 18.8. The van der Waals surface area contributed by atoms with Crippen LogP contribution in [0.2, 0.25) is 9.26 Å². The molecule has 0 unspecified atom stereocenters. The summed E-state index contributed by atoms with van der Waals surface area (Å²) in [6, 6.07) is 0. The molecule has 2 aliphatic carbocycles. The molecule has 23 heavy (non-hydrogen) atoms. The Hall–Kier alpha value is -0.157. The van der Waals surface area contributed by atoms with E-state index in [4.69, 9.17) is 0 Å². The molecule has 0 fully saturated rings. The van der Waals surface area contributed by atoms with Gasteiger partial charge in [-0.15, -0.1) is 0 Å². The molecule has 128 valence electrons. The Morgan fingerprint density at radius 1 is 0.783 bits per heavy atom. The summed E-state index contributed by atoms with van der Waals surface area (Å²) in [5.41, 5.74) is 6.84. The molecule has 0 bridgehead atoms. The minimum atomic E-state index is -2.45. The van der Waals surface area contributed by atoms with E-state index in [2.05, 4.69) is 49.1 Å². The van der Waals surface area contributed by atoms with Crippen molar-refractivity contribution >= 4 is 0 Å². The molecule has 0 saturated heterocycles. The molecule has 0 heterocycles. The Bertz CT molecular complexity index is 517. The van der Waals surface area contributed by atoms with E-state index in [9.17, 15) is 0 Å². The van der Waals surface area contributed by atoms with Crippen molar-refractivity contribution in [2.24, 2.45) is 0 Å². The summed E-state index contributed by atoms with van der Waals surface area (Å²) in [7, 11) is 0. The van der Waals surface area contributed by atoms with Gasteiger partial charge in [-0.3, -0.25) is 0 Å². The van der Waals surface area contributed by atoms with Gasteiger partial charge in [-0.05, 0) is 0 Å². The first-order valence-electron chi connectivity index (χ1n) is 9.72. The summed E-state index contributed by atoms with van der Waals surface area (Å²) >= 11 is -2.45. The van der Waals surface area contributed by atoms with Crippen LogP contribution in [0.1, 0.15) is 79.1 Å². The second-order valence-electron chi connectivity index (χ2n) is 7.97. The molecule has 0 radical (unpaired) electrons. The van der Waals surface area contributed by atoms with Crippen molar-refractivity contribution in [3.8, 4) is 0 Å². The Morgan fingerprint density at radius 3 is 1.52 bits per heavy atom. The molecule has 2 aliphatic rings. The molecular weight excluding hydrogens is 355 g/mol. The van der Waals surface area contributed by atoms with Gasteiger partial charge in [-0.1, -0.05) is 0 Å². The van der Waals surface area contributed by atoms with Crippen LogP contribution in [0.4, 0.5) is 0 Å². The predicted molar refractivity (Wildman–Crippen MR) is 102 cm³/mol. The van der Waals surface area contributed by atoms with Gasteiger partial charge >= 0.3 is 150 Å². The molecule has 0 aliphatic heterocycles. The summed E-state index contributed by atoms with van der Waals surface area (Å²) in [5, 5.41) is 0. The third kappa shape index (κ3) is 4.09. The van der Waals surface area contributed by atoms with Crippen molar-refractivity contribution in [1.29, 1.82) is 0 Å². The molecule has 2 rings (SSSR count). The topological polar surface area (TPSA) is 0 Å². The van der Waals surface area contributed by atoms with Gasteiger partial charge in [-0.2, -0.15) is 0 Å². The number of hydrogen-bond acceptors (Lipinski definition) is 0. The molecule has 0 atom stereocenters. The maximum atomic E-state index is 2.68. The number of allylic oxidation sites excluding steroid dienone is 8. The van der Waals surface area contributed by atoms with Crippen LogP contribution < -0.4 is 0 Å². The Balaban J connectivity index is 2.41. The van der Waals surface area contributed by atoms with Crippen molar-refractivity contribution in [3.63, 3.8) is 0 Å². The summed E-state index contributed by atoms with van der Waals surface area (Å²) in [6.45, 7) is 9.40. The average molecular weight is 392 g/mol. The summed E-state index contributed by atoms with van der Waals surface area (Å²) < 4.78 is 9.10. The zero-order valence-electron chi connectivity index (χ0n) is 16.3. The molecular formula is C22H36Zr. The molecule has 0 saturated carbocycles. The molecule has 0 aromatic carbocycles. The first-order valence-corrected chi connectivity index (χ1v) is 17.1. The molecule has 0 amide bonds. The van der Waals surface area contributed by atoms with Gasteiger partial charge in [0.15, 0.2) is 0 Å². The Kier molecular flexibility index (Phi) is 6.91. The van der Waals surface area contributed by atoms with Crippen molar-refractivity contribution < 1.29 is 20.3 Å². The van der Waals surface area contributed by atoms with Crippen LogP contribution in [0.25, 0.3) is 0 Å². The second-order valence-corrected chi connectivity index (χ2v) is 18.4. The van der Waals surface area contributed by atoms with Crippen LogP contribution in [0.5, 0.6) is 0 Å². The van der Waals surface area contributed by atoms with E-state index in [0.717, 1.165) is 0 Å². The average Bonchev–Trinajstić information content (AvgIpc) is 3.06. The second kappa shape index (κ2) is 8.29. The van der Waals surface area contributed by atoms with E-state index in [1.54, 1.807) is 22.3 Å². The van der Waals surface area contributed by atoms with Gasteiger partial charge in [-0.25, -0.2) is 0 Å². The number of unbranched alkanes of at least 4 members (excludes halogenated alkanes) is 2. The van der Waals surface area contributed by atoms with Crippen LogP contribution in [0.3, 0.4) is 0 Å². The first kappa shape index (κ1) is 19.2. The number of rotatable bonds is 8. The number of hydrogen-bond donors (Lipinski definition) is 0. The van der Waals surface area contributed by atoms with Crippen LogP contribution in [-0.4, -0.2) is 0 Å². The van der Waals surface area contributed by atoms with E-state index in [0.29, 0.717) is 0 Å². The van der Waals surface area contributed by atoms with Crippen LogP contribution in [0, 0.1) is 0 Å². The summed E-state index contributed by atoms with van der Waals surface area (Å²) in [4.78, 5) is 0. The Morgan fingerprint density at radius 2 is 1.17 bits per heavy atom. The fraction of sp³-hybridized carbons (Fsp3) is 0.636. The van der Waals surface area contributed by atoms with Gasteiger partial charge in [0.2, 0.25) is 0 Å². The Labute approximate surface area is 149 Å². The van der Waals surface area contributed by atoms with Crippen molar-refractivity contribution in [2.75, 3.05) is 0 Å². The zero-order chi connectivity index (χ0) is 17.0. The maximum absolute atomic E-state index is 2.68. The van der Waals surface area contributed by atoms with E-state index in [1.807, 2.05) is 6.56 Å². The molecule has 0 aromatic heterocycles. The van der Waals surface area contributed by atoms with Crippen LogP contribution >= 0.6 is 0 Å². The van der Waals surface area contributed by atoms with Gasteiger partial charge in [0.1, 0.15) is 0 Å². The van der Waals surface area contributed by atoms with Crippen molar-refractivity contribution in [3.05, 3.63) is 41.0 Å². The fourth-order valence-corrected chi connectivity index (χ4v) is 16.2. The molecule has 0 N–H and O–H groups in total. The van der Waals surface area contributed by atoms with Crippen molar-refractivity contribution in [2.45, 2.75) is 88.3 Å². The van der Waals surface area contributed by atoms with E-state index in [1.165, 1.54) is 51.4 Å². The molecule has 0 spiro atoms. The van der Waals surface area contributed by atoms with E-state index >= 15 is 0 Å². The predicted octanol–water partition coefficient (Wildman–Crippen LogP) is 7.83. The normalized spacial score (nSPS) is 18.9. The van der Waals surface area contributed by atoms with Crippen LogP contribution in [0.15, 0.2) is 41.0 Å². The van der Waals surface area contributed by atoms with E-state index in [-0.39, 0.29) is 0 Å². The first-order chi connectivity index (χ1) is 10.9. The minimum absolute atomic E-state index is 1.24. The van der Waals surface area contributed by atoms with Gasteiger partial charge in [0, 0.05) is 0 Å². The fourth-order valence-electron chi connectivity index (χ4n) is 4.75. The van der Waals surface area contributed by atoms with E-state index < -0.39 is 20.3 Å².